The molecule has 4 rings (SSSR count). The minimum atomic E-state index is -4.47. The van der Waals surface area contributed by atoms with Gasteiger partial charge < -0.3 is 20.3 Å². The van der Waals surface area contributed by atoms with E-state index in [1.54, 1.807) is 12.1 Å². The largest absolute Gasteiger partial charge is 0.416 e. The van der Waals surface area contributed by atoms with Crippen LogP contribution >= 0.6 is 0 Å². The summed E-state index contributed by atoms with van der Waals surface area (Å²) in [5.41, 5.74) is 3.93. The van der Waals surface area contributed by atoms with Crippen LogP contribution in [0.3, 0.4) is 0 Å². The highest BCUT2D eigenvalue weighted by atomic mass is 19.4. The van der Waals surface area contributed by atoms with Gasteiger partial charge in [-0.05, 0) is 98.8 Å². The third-order valence-corrected chi connectivity index (χ3v) is 7.68. The van der Waals surface area contributed by atoms with E-state index in [-0.39, 0.29) is 18.0 Å². The van der Waals surface area contributed by atoms with Gasteiger partial charge in [-0.15, -0.1) is 0 Å². The zero-order valence-corrected chi connectivity index (χ0v) is 27.0. The summed E-state index contributed by atoms with van der Waals surface area (Å²) >= 11 is 0. The molecule has 0 spiro atoms. The van der Waals surface area contributed by atoms with Gasteiger partial charge in [0.1, 0.15) is 0 Å². The van der Waals surface area contributed by atoms with Gasteiger partial charge in [-0.3, -0.25) is 14.6 Å². The summed E-state index contributed by atoms with van der Waals surface area (Å²) in [6.45, 7) is 9.03. The molecule has 2 N–H and O–H groups in total. The Morgan fingerprint density at radius 2 is 1.57 bits per heavy atom. The number of halogens is 3. The fourth-order valence-corrected chi connectivity index (χ4v) is 5.19. The summed E-state index contributed by atoms with van der Waals surface area (Å²) in [7, 11) is 0. The van der Waals surface area contributed by atoms with Crippen LogP contribution in [0.2, 0.25) is 0 Å². The Bertz CT molecular complexity index is 1650. The molecule has 0 bridgehead atoms. The molecule has 47 heavy (non-hydrogen) atoms. The van der Waals surface area contributed by atoms with Gasteiger partial charge in [0.25, 0.3) is 11.8 Å². The lowest BCUT2D eigenvalue weighted by Crippen LogP contribution is -2.23. The first kappa shape index (κ1) is 35.2. The molecule has 10 heteroatoms. The molecule has 0 radical (unpaired) electrons. The first-order valence-electron chi connectivity index (χ1n) is 15.9. The molecular weight excluding hydrogens is 605 g/mol. The topological polar surface area (TPSA) is 83.6 Å². The average molecular weight is 647 g/mol. The van der Waals surface area contributed by atoms with Gasteiger partial charge in [0, 0.05) is 61.4 Å². The van der Waals surface area contributed by atoms with Crippen molar-refractivity contribution in [1.82, 2.24) is 10.3 Å². The molecule has 1 heterocycles. The summed E-state index contributed by atoms with van der Waals surface area (Å²) in [6.07, 6.45) is -0.348. The van der Waals surface area contributed by atoms with Crippen molar-refractivity contribution < 1.29 is 27.5 Å². The Balaban J connectivity index is 1.56. The molecule has 0 saturated heterocycles. The minimum absolute atomic E-state index is 0.0794. The Morgan fingerprint density at radius 1 is 0.830 bits per heavy atom. The van der Waals surface area contributed by atoms with Crippen LogP contribution in [-0.2, 0) is 23.9 Å². The molecule has 4 aromatic rings. The van der Waals surface area contributed by atoms with E-state index in [9.17, 15) is 22.8 Å². The predicted octanol–water partition coefficient (Wildman–Crippen LogP) is 8.16. The number of amides is 2. The van der Waals surface area contributed by atoms with E-state index < -0.39 is 17.6 Å². The second kappa shape index (κ2) is 16.7. The first-order chi connectivity index (χ1) is 22.6. The molecule has 0 aliphatic carbocycles. The van der Waals surface area contributed by atoms with E-state index in [0.29, 0.717) is 34.7 Å². The third kappa shape index (κ3) is 9.89. The number of aryl methyl sites for hydroxylation is 1. The number of rotatable bonds is 15. The second-order valence-electron chi connectivity index (χ2n) is 11.1. The lowest BCUT2D eigenvalue weighted by molar-refractivity contribution is -0.137. The molecule has 0 atom stereocenters. The van der Waals surface area contributed by atoms with Crippen molar-refractivity contribution in [3.63, 3.8) is 0 Å². The lowest BCUT2D eigenvalue weighted by atomic mass is 10.0. The molecule has 0 aliphatic heterocycles. The van der Waals surface area contributed by atoms with E-state index in [1.165, 1.54) is 24.4 Å². The molecule has 7 nitrogen and oxygen atoms in total. The van der Waals surface area contributed by atoms with Crippen LogP contribution in [0, 0.1) is 0 Å². The fraction of sp³-hybridized carbons (Fsp3) is 0.324. The van der Waals surface area contributed by atoms with Crippen LogP contribution in [0.15, 0.2) is 85.1 Å². The maximum absolute atomic E-state index is 13.5. The van der Waals surface area contributed by atoms with E-state index in [4.69, 9.17) is 4.74 Å². The fourth-order valence-electron chi connectivity index (χ4n) is 5.19. The van der Waals surface area contributed by atoms with Crippen molar-refractivity contribution in [2.45, 2.75) is 52.8 Å². The van der Waals surface area contributed by atoms with Gasteiger partial charge >= 0.3 is 6.18 Å². The predicted molar refractivity (Wildman–Crippen MR) is 180 cm³/mol. The number of ether oxygens (including phenoxy) is 1. The zero-order valence-electron chi connectivity index (χ0n) is 27.0. The number of anilines is 2. The van der Waals surface area contributed by atoms with Crippen molar-refractivity contribution in [3.8, 4) is 11.3 Å². The van der Waals surface area contributed by atoms with Crippen molar-refractivity contribution >= 4 is 23.2 Å². The van der Waals surface area contributed by atoms with Crippen LogP contribution in [0.25, 0.3) is 11.3 Å². The molecule has 0 unspecified atom stereocenters. The number of nitrogens with one attached hydrogen (secondary N) is 2. The number of hydrogen-bond donors (Lipinski definition) is 2. The third-order valence-electron chi connectivity index (χ3n) is 7.68. The van der Waals surface area contributed by atoms with E-state index >= 15 is 0 Å². The van der Waals surface area contributed by atoms with Gasteiger partial charge in [-0.1, -0.05) is 31.2 Å². The highest BCUT2D eigenvalue weighted by molar-refractivity contribution is 6.06. The van der Waals surface area contributed by atoms with Gasteiger partial charge in [0.05, 0.1) is 16.9 Å². The van der Waals surface area contributed by atoms with Crippen molar-refractivity contribution in [2.75, 3.05) is 36.5 Å². The van der Waals surface area contributed by atoms with Gasteiger partial charge in [0.15, 0.2) is 0 Å². The maximum Gasteiger partial charge on any atom is 0.416 e. The summed E-state index contributed by atoms with van der Waals surface area (Å²) in [6, 6.07) is 21.2. The van der Waals surface area contributed by atoms with E-state index in [0.717, 1.165) is 62.3 Å². The number of pyridine rings is 1. The van der Waals surface area contributed by atoms with Gasteiger partial charge in [0.2, 0.25) is 0 Å². The second-order valence-corrected chi connectivity index (χ2v) is 11.1. The molecule has 3 aromatic carbocycles. The van der Waals surface area contributed by atoms with Crippen molar-refractivity contribution in [2.24, 2.45) is 0 Å². The normalized spacial score (nSPS) is 11.3. The van der Waals surface area contributed by atoms with Crippen LogP contribution in [0.5, 0.6) is 0 Å². The maximum atomic E-state index is 13.5. The number of nitrogens with zero attached hydrogens (tertiary/aromatic N) is 2. The summed E-state index contributed by atoms with van der Waals surface area (Å²) < 4.78 is 45.0. The Hall–Kier alpha value is -4.70. The smallest absolute Gasteiger partial charge is 0.381 e. The Kier molecular flexibility index (Phi) is 12.5. The molecule has 2 amide bonds. The van der Waals surface area contributed by atoms with Crippen LogP contribution in [0.4, 0.5) is 24.5 Å². The number of carbonyl (C=O) groups is 2. The number of hydrogen-bond acceptors (Lipinski definition) is 5. The Morgan fingerprint density at radius 3 is 2.32 bits per heavy atom. The molecule has 1 aromatic heterocycles. The van der Waals surface area contributed by atoms with Crippen LogP contribution in [-0.4, -0.2) is 43.1 Å². The monoisotopic (exact) mass is 646 g/mol. The van der Waals surface area contributed by atoms with Crippen LogP contribution < -0.4 is 15.5 Å². The first-order valence-corrected chi connectivity index (χ1v) is 15.9. The zero-order chi connectivity index (χ0) is 33.8. The van der Waals surface area contributed by atoms with Gasteiger partial charge in [-0.25, -0.2) is 0 Å². The van der Waals surface area contributed by atoms with E-state index in [1.807, 2.05) is 36.4 Å². The summed E-state index contributed by atoms with van der Waals surface area (Å²) in [4.78, 5) is 33.3. The van der Waals surface area contributed by atoms with Gasteiger partial charge in [-0.2, -0.15) is 13.2 Å². The average Bonchev–Trinajstić information content (AvgIpc) is 3.08. The SMILES string of the molecule is CCCOCCCc1cccc(C(=O)Nc2ccc(N(CC)CC)cc2-c2cc(C(=O)NCc3cccc(C(F)(F)F)c3)ccn2)c1. The molecule has 0 saturated carbocycles. The van der Waals surface area contributed by atoms with Crippen molar-refractivity contribution in [3.05, 3.63) is 113 Å². The van der Waals surface area contributed by atoms with Crippen molar-refractivity contribution in [1.29, 1.82) is 0 Å². The number of benzene rings is 3. The summed E-state index contributed by atoms with van der Waals surface area (Å²) in [5.74, 6) is -0.741. The quantitative estimate of drug-likeness (QED) is 0.127. The highest BCUT2D eigenvalue weighted by Gasteiger charge is 2.30. The number of carbonyl (C=O) groups excluding carboxylic acids is 2. The molecule has 248 valence electrons. The standard InChI is InChI=1S/C37H41F3N4O3/c1-4-19-47-20-9-12-26-10-7-13-28(21-26)36(46)43-33-16-15-31(44(5-2)6-3)24-32(33)34-23-29(17-18-41-34)35(45)42-25-27-11-8-14-30(22-27)37(38,39)40/h7-8,10-11,13-18,21-24H,4-6,9,12,19-20,25H2,1-3H3,(H,42,45)(H,43,46). The highest BCUT2D eigenvalue weighted by Crippen LogP contribution is 2.33. The molecular formula is C37H41F3N4O3. The molecule has 0 fully saturated rings. The molecule has 0 aliphatic rings. The van der Waals surface area contributed by atoms with Crippen LogP contribution in [0.1, 0.15) is 71.0 Å². The number of alkyl halides is 3. The Labute approximate surface area is 274 Å². The number of aromatic nitrogens is 1. The van der Waals surface area contributed by atoms with E-state index in [2.05, 4.69) is 41.3 Å². The lowest BCUT2D eigenvalue weighted by Gasteiger charge is -2.23. The minimum Gasteiger partial charge on any atom is -0.381 e. The summed E-state index contributed by atoms with van der Waals surface area (Å²) in [5, 5.41) is 5.74.